The summed E-state index contributed by atoms with van der Waals surface area (Å²) < 4.78 is 16.6. The molecule has 7 nitrogen and oxygen atoms in total. The predicted molar refractivity (Wildman–Crippen MR) is 134 cm³/mol. The molecule has 0 aliphatic carbocycles. The summed E-state index contributed by atoms with van der Waals surface area (Å²) in [5.74, 6) is -0.421. The van der Waals surface area contributed by atoms with Crippen LogP contribution in [0.1, 0.15) is 31.9 Å². The molecule has 0 saturated heterocycles. The first-order chi connectivity index (χ1) is 16.6. The van der Waals surface area contributed by atoms with E-state index in [9.17, 15) is 14.4 Å². The van der Waals surface area contributed by atoms with Crippen LogP contribution in [0.2, 0.25) is 0 Å². The second-order valence-corrected chi connectivity index (χ2v) is 9.31. The largest absolute Gasteiger partial charge is 0.444 e. The van der Waals surface area contributed by atoms with Gasteiger partial charge < -0.3 is 19.2 Å². The van der Waals surface area contributed by atoms with Crippen molar-refractivity contribution in [3.05, 3.63) is 88.3 Å². The fourth-order valence-corrected chi connectivity index (χ4v) is 3.84. The van der Waals surface area contributed by atoms with Gasteiger partial charge in [0.1, 0.15) is 23.0 Å². The van der Waals surface area contributed by atoms with Gasteiger partial charge in [-0.2, -0.15) is 0 Å². The zero-order valence-corrected chi connectivity index (χ0v) is 20.1. The van der Waals surface area contributed by atoms with Crippen molar-refractivity contribution in [1.82, 2.24) is 5.32 Å². The lowest BCUT2D eigenvalue weighted by atomic mass is 10.0. The number of esters is 1. The summed E-state index contributed by atoms with van der Waals surface area (Å²) in [4.78, 5) is 38.1. The summed E-state index contributed by atoms with van der Waals surface area (Å²) in [6.07, 6.45) is -0.506. The SMILES string of the molecule is Cc1c(OC(=O)[C@H](Cc2ccccc2)NC(=O)OC(C)(C)C)ccc2c1oc(=O)c1ccccc12. The summed E-state index contributed by atoms with van der Waals surface area (Å²) in [6.45, 7) is 6.95. The second-order valence-electron chi connectivity index (χ2n) is 9.31. The van der Waals surface area contributed by atoms with Gasteiger partial charge in [0.25, 0.3) is 0 Å². The minimum atomic E-state index is -0.994. The fourth-order valence-electron chi connectivity index (χ4n) is 3.84. The van der Waals surface area contributed by atoms with Gasteiger partial charge in [0.2, 0.25) is 0 Å². The molecule has 0 aliphatic rings. The number of alkyl carbamates (subject to hydrolysis) is 1. The number of aryl methyl sites for hydroxylation is 1. The van der Waals surface area contributed by atoms with Crippen molar-refractivity contribution in [2.24, 2.45) is 0 Å². The van der Waals surface area contributed by atoms with Gasteiger partial charge in [-0.25, -0.2) is 14.4 Å². The molecule has 0 aliphatic heterocycles. The molecule has 1 N–H and O–H groups in total. The molecule has 0 unspecified atom stereocenters. The number of nitrogens with one attached hydrogen (secondary N) is 1. The number of hydrogen-bond acceptors (Lipinski definition) is 6. The Morgan fingerprint density at radius 2 is 1.57 bits per heavy atom. The van der Waals surface area contributed by atoms with E-state index in [0.29, 0.717) is 16.5 Å². The molecule has 4 aromatic rings. The molecule has 0 bridgehead atoms. The Balaban J connectivity index is 1.65. The molecule has 35 heavy (non-hydrogen) atoms. The molecule has 1 heterocycles. The normalized spacial score (nSPS) is 12.3. The number of fused-ring (bicyclic) bond motifs is 3. The van der Waals surface area contributed by atoms with Gasteiger partial charge in [-0.15, -0.1) is 0 Å². The predicted octanol–water partition coefficient (Wildman–Crippen LogP) is 5.30. The zero-order chi connectivity index (χ0) is 25.2. The Morgan fingerprint density at radius 1 is 0.914 bits per heavy atom. The number of carbonyl (C=O) groups excluding carboxylic acids is 2. The highest BCUT2D eigenvalue weighted by Gasteiger charge is 2.27. The standard InChI is InChI=1S/C28H27NO6/c1-17-23(15-14-20-19-12-8-9-13-21(19)25(30)34-24(17)20)33-26(31)22(16-18-10-6-5-7-11-18)29-27(32)35-28(2,3)4/h5-15,22H,16H2,1-4H3,(H,29,32)/t22-/m0/s1. The van der Waals surface area contributed by atoms with Gasteiger partial charge in [-0.1, -0.05) is 48.5 Å². The summed E-state index contributed by atoms with van der Waals surface area (Å²) in [5, 5.41) is 4.60. The van der Waals surface area contributed by atoms with Crippen molar-refractivity contribution in [3.8, 4) is 5.75 Å². The molecule has 7 heteroatoms. The fraction of sp³-hybridized carbons (Fsp3) is 0.250. The van der Waals surface area contributed by atoms with Crippen LogP contribution >= 0.6 is 0 Å². The number of ether oxygens (including phenoxy) is 2. The molecule has 4 rings (SSSR count). The van der Waals surface area contributed by atoms with E-state index in [4.69, 9.17) is 13.9 Å². The molecular weight excluding hydrogens is 446 g/mol. The van der Waals surface area contributed by atoms with Crippen LogP contribution in [0.25, 0.3) is 21.7 Å². The Labute approximate surface area is 202 Å². The molecule has 180 valence electrons. The average Bonchev–Trinajstić information content (AvgIpc) is 2.80. The number of carbonyl (C=O) groups is 2. The Morgan fingerprint density at radius 3 is 2.26 bits per heavy atom. The first-order valence-corrected chi connectivity index (χ1v) is 11.3. The van der Waals surface area contributed by atoms with Gasteiger partial charge >= 0.3 is 17.7 Å². The zero-order valence-electron chi connectivity index (χ0n) is 20.1. The lowest BCUT2D eigenvalue weighted by molar-refractivity contribution is -0.136. The molecule has 0 spiro atoms. The maximum atomic E-state index is 13.2. The lowest BCUT2D eigenvalue weighted by Gasteiger charge is -2.23. The lowest BCUT2D eigenvalue weighted by Crippen LogP contribution is -2.46. The van der Waals surface area contributed by atoms with Crippen LogP contribution in [0.15, 0.2) is 75.9 Å². The van der Waals surface area contributed by atoms with Crippen LogP contribution < -0.4 is 15.7 Å². The Hall–Kier alpha value is -4.13. The van der Waals surface area contributed by atoms with E-state index >= 15 is 0 Å². The van der Waals surface area contributed by atoms with Crippen molar-refractivity contribution < 1.29 is 23.5 Å². The maximum absolute atomic E-state index is 13.2. The van der Waals surface area contributed by atoms with Gasteiger partial charge in [0.05, 0.1) is 5.39 Å². The number of amides is 1. The molecule has 0 fully saturated rings. The van der Waals surface area contributed by atoms with Gasteiger partial charge in [0, 0.05) is 17.4 Å². The van der Waals surface area contributed by atoms with Gasteiger partial charge in [-0.3, -0.25) is 0 Å². The molecule has 1 aromatic heterocycles. The minimum absolute atomic E-state index is 0.214. The van der Waals surface area contributed by atoms with E-state index in [1.165, 1.54) is 0 Å². The number of benzene rings is 3. The first-order valence-electron chi connectivity index (χ1n) is 11.3. The van der Waals surface area contributed by atoms with Crippen LogP contribution in [0.4, 0.5) is 4.79 Å². The van der Waals surface area contributed by atoms with E-state index in [1.807, 2.05) is 42.5 Å². The third kappa shape index (κ3) is 5.51. The molecule has 3 aromatic carbocycles. The Kier molecular flexibility index (Phi) is 6.60. The van der Waals surface area contributed by atoms with Crippen molar-refractivity contribution in [2.45, 2.75) is 45.8 Å². The third-order valence-electron chi connectivity index (χ3n) is 5.46. The van der Waals surface area contributed by atoms with Crippen molar-refractivity contribution in [1.29, 1.82) is 0 Å². The third-order valence-corrected chi connectivity index (χ3v) is 5.46. The van der Waals surface area contributed by atoms with E-state index in [-0.39, 0.29) is 12.2 Å². The summed E-state index contributed by atoms with van der Waals surface area (Å²) in [7, 11) is 0. The maximum Gasteiger partial charge on any atom is 0.408 e. The second kappa shape index (κ2) is 9.62. The van der Waals surface area contributed by atoms with Crippen LogP contribution in [-0.2, 0) is 16.0 Å². The van der Waals surface area contributed by atoms with Gasteiger partial charge in [-0.05, 0) is 56.8 Å². The van der Waals surface area contributed by atoms with E-state index in [0.717, 1.165) is 16.3 Å². The highest BCUT2D eigenvalue weighted by Crippen LogP contribution is 2.31. The van der Waals surface area contributed by atoms with Crippen molar-refractivity contribution in [3.63, 3.8) is 0 Å². The summed E-state index contributed by atoms with van der Waals surface area (Å²) in [5.41, 5.74) is 0.514. The van der Waals surface area contributed by atoms with Crippen LogP contribution in [-0.4, -0.2) is 23.7 Å². The molecular formula is C28H27NO6. The highest BCUT2D eigenvalue weighted by molar-refractivity contribution is 6.05. The van der Waals surface area contributed by atoms with E-state index in [1.54, 1.807) is 52.0 Å². The molecule has 1 amide bonds. The number of hydrogen-bond donors (Lipinski definition) is 1. The minimum Gasteiger partial charge on any atom is -0.444 e. The first kappa shape index (κ1) is 24.0. The highest BCUT2D eigenvalue weighted by atomic mass is 16.6. The smallest absolute Gasteiger partial charge is 0.408 e. The van der Waals surface area contributed by atoms with Crippen LogP contribution in [0, 0.1) is 6.92 Å². The van der Waals surface area contributed by atoms with Gasteiger partial charge in [0.15, 0.2) is 0 Å². The Bertz CT molecular complexity index is 1450. The van der Waals surface area contributed by atoms with Crippen LogP contribution in [0.5, 0.6) is 5.75 Å². The summed E-state index contributed by atoms with van der Waals surface area (Å²) in [6, 6.07) is 18.9. The van der Waals surface area contributed by atoms with E-state index in [2.05, 4.69) is 5.32 Å². The summed E-state index contributed by atoms with van der Waals surface area (Å²) >= 11 is 0. The molecule has 0 radical (unpaired) electrons. The van der Waals surface area contributed by atoms with E-state index < -0.39 is 29.3 Å². The molecule has 1 atom stereocenters. The monoisotopic (exact) mass is 473 g/mol. The number of rotatable bonds is 5. The van der Waals surface area contributed by atoms with Crippen LogP contribution in [0.3, 0.4) is 0 Å². The average molecular weight is 474 g/mol. The van der Waals surface area contributed by atoms with Crippen molar-refractivity contribution in [2.75, 3.05) is 0 Å². The topological polar surface area (TPSA) is 94.8 Å². The quantitative estimate of drug-likeness (QED) is 0.183. The molecule has 0 saturated carbocycles. The van der Waals surface area contributed by atoms with Crippen molar-refractivity contribution >= 4 is 33.8 Å².